The summed E-state index contributed by atoms with van der Waals surface area (Å²) in [5, 5.41) is 0. The van der Waals surface area contributed by atoms with Crippen LogP contribution in [0.2, 0.25) is 0 Å². The first kappa shape index (κ1) is 16.9. The first-order valence-electron chi connectivity index (χ1n) is 7.76. The van der Waals surface area contributed by atoms with E-state index >= 15 is 0 Å². The molecule has 0 amide bonds. The van der Waals surface area contributed by atoms with Gasteiger partial charge in [0.1, 0.15) is 23.9 Å². The lowest BCUT2D eigenvalue weighted by Gasteiger charge is -2.15. The number of imidazole rings is 1. The predicted molar refractivity (Wildman–Crippen MR) is 88.0 cm³/mol. The van der Waals surface area contributed by atoms with E-state index in [1.807, 2.05) is 0 Å². The Morgan fingerprint density at radius 1 is 1.38 bits per heavy atom. The molecule has 0 radical (unpaired) electrons. The Bertz CT molecular complexity index is 796. The number of rotatable bonds is 6. The fraction of sp³-hybridized carbons (Fsp3) is 0.500. The smallest absolute Gasteiger partial charge is 0.357 e. The van der Waals surface area contributed by atoms with Gasteiger partial charge in [-0.2, -0.15) is 0 Å². The largest absolute Gasteiger partial charge is 0.474 e. The van der Waals surface area contributed by atoms with Crippen LogP contribution in [0.5, 0.6) is 0 Å². The molecule has 24 heavy (non-hydrogen) atoms. The average Bonchev–Trinajstić information content (AvgIpc) is 3.14. The number of nitrogens with zero attached hydrogens (tertiary/aromatic N) is 4. The minimum Gasteiger partial charge on any atom is -0.474 e. The van der Waals surface area contributed by atoms with Crippen molar-refractivity contribution in [3.8, 4) is 0 Å². The molecule has 0 saturated carbocycles. The lowest BCUT2D eigenvalue weighted by molar-refractivity contribution is 0.101. The van der Waals surface area contributed by atoms with Gasteiger partial charge in [-0.15, -0.1) is 0 Å². The number of ether oxygens (including phenoxy) is 1. The van der Waals surface area contributed by atoms with Crippen molar-refractivity contribution >= 4 is 24.6 Å². The number of anilines is 1. The van der Waals surface area contributed by atoms with Gasteiger partial charge in [-0.05, 0) is 13.8 Å². The number of hydrogen-bond donors (Lipinski definition) is 1. The van der Waals surface area contributed by atoms with Gasteiger partial charge in [-0.1, -0.05) is 0 Å². The molecule has 2 aromatic rings. The monoisotopic (exact) mass is 353 g/mol. The van der Waals surface area contributed by atoms with Crippen molar-refractivity contribution in [3.05, 3.63) is 24.2 Å². The lowest BCUT2D eigenvalue weighted by Crippen LogP contribution is -2.06. The van der Waals surface area contributed by atoms with E-state index in [2.05, 4.69) is 15.0 Å². The minimum absolute atomic E-state index is 0.298. The topological polar surface area (TPSA) is 114 Å². The van der Waals surface area contributed by atoms with Crippen molar-refractivity contribution in [3.63, 3.8) is 0 Å². The molecular formula is C14H20N5O4P. The van der Waals surface area contributed by atoms with E-state index in [0.29, 0.717) is 48.8 Å². The van der Waals surface area contributed by atoms with Crippen molar-refractivity contribution in [2.45, 2.75) is 32.9 Å². The molecule has 10 heteroatoms. The van der Waals surface area contributed by atoms with Crippen LogP contribution in [-0.4, -0.2) is 32.7 Å². The summed E-state index contributed by atoms with van der Waals surface area (Å²) in [5.74, 6) is 2.36. The Kier molecular flexibility index (Phi) is 4.84. The molecule has 3 heterocycles. The third-order valence-corrected chi connectivity index (χ3v) is 5.38. The first-order chi connectivity index (χ1) is 11.6. The summed E-state index contributed by atoms with van der Waals surface area (Å²) in [7, 11) is -3.29. The molecule has 3 rings (SSSR count). The highest BCUT2D eigenvalue weighted by Gasteiger charge is 2.29. The summed E-state index contributed by atoms with van der Waals surface area (Å²) in [5.41, 5.74) is 6.93. The van der Waals surface area contributed by atoms with Gasteiger partial charge in [0.25, 0.3) is 0 Å². The third kappa shape index (κ3) is 3.28. The molecule has 0 aromatic carbocycles. The maximum atomic E-state index is 12.6. The van der Waals surface area contributed by atoms with Crippen LogP contribution < -0.4 is 5.73 Å². The lowest BCUT2D eigenvalue weighted by atomic mass is 10.3. The molecule has 1 fully saturated rings. The SMILES string of the molecule is CCOP(=O)(/C=C1/CC[C@H](n2cnc3c(N)ncnc32)O1)OCC. The van der Waals surface area contributed by atoms with Gasteiger partial charge in [-0.3, -0.25) is 9.13 Å². The number of aromatic nitrogens is 4. The van der Waals surface area contributed by atoms with E-state index in [1.165, 1.54) is 12.1 Å². The highest BCUT2D eigenvalue weighted by Crippen LogP contribution is 2.52. The van der Waals surface area contributed by atoms with E-state index in [-0.39, 0.29) is 6.23 Å². The molecule has 1 saturated heterocycles. The van der Waals surface area contributed by atoms with E-state index < -0.39 is 7.60 Å². The van der Waals surface area contributed by atoms with Crippen molar-refractivity contribution in [2.75, 3.05) is 18.9 Å². The van der Waals surface area contributed by atoms with Crippen molar-refractivity contribution < 1.29 is 18.3 Å². The van der Waals surface area contributed by atoms with Crippen LogP contribution in [0, 0.1) is 0 Å². The fourth-order valence-electron chi connectivity index (χ4n) is 2.58. The zero-order valence-electron chi connectivity index (χ0n) is 13.6. The van der Waals surface area contributed by atoms with E-state index in [1.54, 1.807) is 24.7 Å². The van der Waals surface area contributed by atoms with Crippen molar-refractivity contribution in [2.24, 2.45) is 0 Å². The molecule has 0 bridgehead atoms. The fourth-order valence-corrected chi connectivity index (χ4v) is 4.06. The highest BCUT2D eigenvalue weighted by molar-refractivity contribution is 7.57. The number of fused-ring (bicyclic) bond motifs is 1. The predicted octanol–water partition coefficient (Wildman–Crippen LogP) is 2.83. The molecule has 1 aliphatic heterocycles. The zero-order valence-corrected chi connectivity index (χ0v) is 14.5. The van der Waals surface area contributed by atoms with Crippen LogP contribution in [0.15, 0.2) is 24.2 Å². The first-order valence-corrected chi connectivity index (χ1v) is 9.37. The van der Waals surface area contributed by atoms with Crippen LogP contribution >= 0.6 is 7.60 Å². The van der Waals surface area contributed by atoms with E-state index in [0.717, 1.165) is 0 Å². The van der Waals surface area contributed by atoms with Gasteiger partial charge in [0.2, 0.25) is 0 Å². The van der Waals surface area contributed by atoms with Gasteiger partial charge in [-0.25, -0.2) is 15.0 Å². The second-order valence-corrected chi connectivity index (χ2v) is 7.02. The molecule has 0 aliphatic carbocycles. The van der Waals surface area contributed by atoms with Gasteiger partial charge in [0, 0.05) is 12.8 Å². The summed E-state index contributed by atoms with van der Waals surface area (Å²) in [4.78, 5) is 12.4. The molecule has 2 N–H and O–H groups in total. The summed E-state index contributed by atoms with van der Waals surface area (Å²) in [6, 6.07) is 0. The Balaban J connectivity index is 1.83. The van der Waals surface area contributed by atoms with Crippen LogP contribution in [-0.2, 0) is 18.3 Å². The van der Waals surface area contributed by atoms with E-state index in [9.17, 15) is 4.57 Å². The Morgan fingerprint density at radius 2 is 2.12 bits per heavy atom. The number of nitrogen functional groups attached to an aromatic ring is 1. The zero-order chi connectivity index (χ0) is 17.2. The van der Waals surface area contributed by atoms with E-state index in [4.69, 9.17) is 19.5 Å². The Morgan fingerprint density at radius 3 is 2.83 bits per heavy atom. The molecular weight excluding hydrogens is 333 g/mol. The molecule has 1 aliphatic rings. The van der Waals surface area contributed by atoms with Crippen molar-refractivity contribution in [1.29, 1.82) is 0 Å². The third-order valence-electron chi connectivity index (χ3n) is 3.54. The number of nitrogens with two attached hydrogens (primary N) is 1. The highest BCUT2D eigenvalue weighted by atomic mass is 31.2. The standard InChI is InChI=1S/C14H20N5O4P/c1-3-21-24(20,22-4-2)7-10-5-6-11(23-10)19-9-18-12-13(15)16-8-17-14(12)19/h7-9,11H,3-6H2,1-2H3,(H2,15,16,17)/b10-7-/t11-/m1/s1. The normalized spacial score (nSPS) is 19.9. The number of hydrogen-bond acceptors (Lipinski definition) is 8. The van der Waals surface area contributed by atoms with Crippen molar-refractivity contribution in [1.82, 2.24) is 19.5 Å². The van der Waals surface area contributed by atoms with Gasteiger partial charge >= 0.3 is 7.60 Å². The quantitative estimate of drug-likeness (QED) is 0.789. The maximum Gasteiger partial charge on any atom is 0.357 e. The van der Waals surface area contributed by atoms with Crippen LogP contribution in [0.1, 0.15) is 32.9 Å². The summed E-state index contributed by atoms with van der Waals surface area (Å²) >= 11 is 0. The molecule has 0 unspecified atom stereocenters. The maximum absolute atomic E-state index is 12.6. The summed E-state index contributed by atoms with van der Waals surface area (Å²) in [6.45, 7) is 4.13. The molecule has 0 spiro atoms. The molecule has 2 aromatic heterocycles. The number of allylic oxidation sites excluding steroid dienone is 1. The van der Waals surface area contributed by atoms with Gasteiger partial charge < -0.3 is 19.5 Å². The Labute approximate surface area is 139 Å². The van der Waals surface area contributed by atoms with Crippen LogP contribution in [0.3, 0.4) is 0 Å². The Hall–Kier alpha value is -1.96. The van der Waals surface area contributed by atoms with Crippen LogP contribution in [0.25, 0.3) is 11.2 Å². The molecule has 9 nitrogen and oxygen atoms in total. The summed E-state index contributed by atoms with van der Waals surface area (Å²) in [6.07, 6.45) is 4.02. The summed E-state index contributed by atoms with van der Waals surface area (Å²) < 4.78 is 30.8. The molecule has 1 atom stereocenters. The average molecular weight is 353 g/mol. The second kappa shape index (κ2) is 6.88. The van der Waals surface area contributed by atoms with Gasteiger partial charge in [0.05, 0.1) is 19.0 Å². The minimum atomic E-state index is -3.29. The molecule has 130 valence electrons. The van der Waals surface area contributed by atoms with Crippen LogP contribution in [0.4, 0.5) is 5.82 Å². The second-order valence-electron chi connectivity index (χ2n) is 5.16. The van der Waals surface area contributed by atoms with Gasteiger partial charge in [0.15, 0.2) is 17.7 Å².